The van der Waals surface area contributed by atoms with Gasteiger partial charge in [0.05, 0.1) is 18.2 Å². The predicted octanol–water partition coefficient (Wildman–Crippen LogP) is 3.50. The molecule has 1 aliphatic carbocycles. The number of pyridine rings is 1. The van der Waals surface area contributed by atoms with Crippen LogP contribution in [0.15, 0.2) is 48.3 Å². The van der Waals surface area contributed by atoms with Gasteiger partial charge in [-0.1, -0.05) is 31.6 Å². The zero-order valence-electron chi connectivity index (χ0n) is 14.7. The lowest BCUT2D eigenvalue weighted by Gasteiger charge is -2.03. The van der Waals surface area contributed by atoms with Gasteiger partial charge < -0.3 is 5.32 Å². The smallest absolute Gasteiger partial charge is 0.229 e. The van der Waals surface area contributed by atoms with Gasteiger partial charge in [-0.3, -0.25) is 14.5 Å². The summed E-state index contributed by atoms with van der Waals surface area (Å²) in [7, 11) is 0. The van der Waals surface area contributed by atoms with Crippen LogP contribution in [-0.4, -0.2) is 20.7 Å². The molecule has 5 nitrogen and oxygen atoms in total. The lowest BCUT2D eigenvalue weighted by molar-refractivity contribution is -0.118. The van der Waals surface area contributed by atoms with Crippen LogP contribution in [0.4, 0.5) is 5.82 Å². The van der Waals surface area contributed by atoms with E-state index in [1.54, 1.807) is 10.9 Å². The molecular formula is C19H24N4O. The van der Waals surface area contributed by atoms with E-state index in [1.807, 2.05) is 30.5 Å². The van der Waals surface area contributed by atoms with Crippen molar-refractivity contribution in [3.63, 3.8) is 0 Å². The highest BCUT2D eigenvalue weighted by Gasteiger charge is 2.60. The first kappa shape index (κ1) is 16.4. The average Bonchev–Trinajstić information content (AvgIpc) is 2.83. The van der Waals surface area contributed by atoms with Crippen molar-refractivity contribution < 1.29 is 4.79 Å². The minimum absolute atomic E-state index is 0.00772. The number of hydrogen-bond acceptors (Lipinski definition) is 3. The molecular weight excluding hydrogens is 300 g/mol. The molecule has 0 aromatic carbocycles. The molecule has 0 saturated heterocycles. The molecule has 0 unspecified atom stereocenters. The van der Waals surface area contributed by atoms with Gasteiger partial charge >= 0.3 is 0 Å². The molecule has 24 heavy (non-hydrogen) atoms. The third-order valence-electron chi connectivity index (χ3n) is 4.65. The second-order valence-corrected chi connectivity index (χ2v) is 7.28. The summed E-state index contributed by atoms with van der Waals surface area (Å²) in [5.74, 6) is 0.951. The maximum atomic E-state index is 12.5. The standard InChI is InChI=1S/C19H24N4O/c1-13(2)11-15-17(19(15,3)4)18(24)21-16-8-10-23(22-16)12-14-7-5-6-9-20-14/h5-11,15,17H,12H2,1-4H3,(H,21,22,24)/t15-,17+/m0/s1. The Hall–Kier alpha value is -2.43. The van der Waals surface area contributed by atoms with Crippen molar-refractivity contribution in [2.45, 2.75) is 34.2 Å². The van der Waals surface area contributed by atoms with Crippen molar-refractivity contribution >= 4 is 11.7 Å². The van der Waals surface area contributed by atoms with Gasteiger partial charge in [0, 0.05) is 18.5 Å². The minimum Gasteiger partial charge on any atom is -0.309 e. The topological polar surface area (TPSA) is 59.8 Å². The molecule has 2 heterocycles. The SMILES string of the molecule is CC(C)=C[C@H]1[C@H](C(=O)Nc2ccn(Cc3ccccn3)n2)C1(C)C. The molecule has 1 N–H and O–H groups in total. The summed E-state index contributed by atoms with van der Waals surface area (Å²) in [5.41, 5.74) is 2.20. The molecule has 1 fully saturated rings. The molecule has 1 aliphatic rings. The van der Waals surface area contributed by atoms with E-state index in [4.69, 9.17) is 0 Å². The molecule has 5 heteroatoms. The van der Waals surface area contributed by atoms with Gasteiger partial charge in [0.1, 0.15) is 0 Å². The second kappa shape index (κ2) is 6.23. The number of carbonyl (C=O) groups is 1. The summed E-state index contributed by atoms with van der Waals surface area (Å²) >= 11 is 0. The monoisotopic (exact) mass is 324 g/mol. The normalized spacial score (nSPS) is 21.2. The Balaban J connectivity index is 1.63. The Bertz CT molecular complexity index is 757. The van der Waals surface area contributed by atoms with Gasteiger partial charge in [0.15, 0.2) is 5.82 Å². The van der Waals surface area contributed by atoms with Gasteiger partial charge in [-0.25, -0.2) is 0 Å². The minimum atomic E-state index is 0.00772. The molecule has 1 amide bonds. The van der Waals surface area contributed by atoms with Gasteiger partial charge in [-0.05, 0) is 37.3 Å². The van der Waals surface area contributed by atoms with E-state index in [-0.39, 0.29) is 17.2 Å². The quantitative estimate of drug-likeness (QED) is 0.856. The van der Waals surface area contributed by atoms with Crippen LogP contribution in [0.25, 0.3) is 0 Å². The van der Waals surface area contributed by atoms with E-state index in [2.05, 4.69) is 49.2 Å². The molecule has 2 atom stereocenters. The van der Waals surface area contributed by atoms with E-state index in [0.29, 0.717) is 18.3 Å². The van der Waals surface area contributed by atoms with E-state index in [9.17, 15) is 4.79 Å². The Morgan fingerprint density at radius 3 is 2.79 bits per heavy atom. The van der Waals surface area contributed by atoms with Gasteiger partial charge in [0.25, 0.3) is 0 Å². The van der Waals surface area contributed by atoms with Crippen LogP contribution in [0.5, 0.6) is 0 Å². The fraction of sp³-hybridized carbons (Fsp3) is 0.421. The maximum Gasteiger partial charge on any atom is 0.229 e. The van der Waals surface area contributed by atoms with E-state index in [1.165, 1.54) is 5.57 Å². The van der Waals surface area contributed by atoms with E-state index < -0.39 is 0 Å². The summed E-state index contributed by atoms with van der Waals surface area (Å²) in [4.78, 5) is 16.8. The Labute approximate surface area is 142 Å². The van der Waals surface area contributed by atoms with Gasteiger partial charge in [-0.15, -0.1) is 0 Å². The number of nitrogens with one attached hydrogen (secondary N) is 1. The number of hydrogen-bond donors (Lipinski definition) is 1. The number of nitrogens with zero attached hydrogens (tertiary/aromatic N) is 3. The molecule has 0 aliphatic heterocycles. The average molecular weight is 324 g/mol. The number of amides is 1. The van der Waals surface area contributed by atoms with Crippen molar-refractivity contribution in [2.24, 2.45) is 17.3 Å². The van der Waals surface area contributed by atoms with Crippen LogP contribution in [0, 0.1) is 17.3 Å². The zero-order valence-corrected chi connectivity index (χ0v) is 14.7. The highest BCUT2D eigenvalue weighted by Crippen LogP contribution is 2.59. The highest BCUT2D eigenvalue weighted by molar-refractivity contribution is 5.95. The summed E-state index contributed by atoms with van der Waals surface area (Å²) in [6, 6.07) is 7.62. The first-order valence-electron chi connectivity index (χ1n) is 8.27. The third kappa shape index (κ3) is 3.40. The molecule has 2 aromatic heterocycles. The lowest BCUT2D eigenvalue weighted by Crippen LogP contribution is -2.17. The first-order chi connectivity index (χ1) is 11.4. The van der Waals surface area contributed by atoms with Crippen molar-refractivity contribution in [2.75, 3.05) is 5.32 Å². The highest BCUT2D eigenvalue weighted by atomic mass is 16.2. The van der Waals surface area contributed by atoms with Crippen molar-refractivity contribution in [1.29, 1.82) is 0 Å². The molecule has 1 saturated carbocycles. The van der Waals surface area contributed by atoms with E-state index >= 15 is 0 Å². The third-order valence-corrected chi connectivity index (χ3v) is 4.65. The van der Waals surface area contributed by atoms with Crippen molar-refractivity contribution in [3.8, 4) is 0 Å². The van der Waals surface area contributed by atoms with Gasteiger partial charge in [0.2, 0.25) is 5.91 Å². The number of anilines is 1. The van der Waals surface area contributed by atoms with Crippen LogP contribution >= 0.6 is 0 Å². The Kier molecular flexibility index (Phi) is 4.26. The van der Waals surface area contributed by atoms with Crippen LogP contribution in [0.2, 0.25) is 0 Å². The van der Waals surface area contributed by atoms with E-state index in [0.717, 1.165) is 5.69 Å². The summed E-state index contributed by atoms with van der Waals surface area (Å²) < 4.78 is 1.78. The molecule has 0 radical (unpaired) electrons. The molecule has 3 rings (SSSR count). The fourth-order valence-corrected chi connectivity index (χ4v) is 3.23. The van der Waals surface area contributed by atoms with Crippen molar-refractivity contribution in [1.82, 2.24) is 14.8 Å². The molecule has 2 aromatic rings. The number of allylic oxidation sites excluding steroid dienone is 2. The summed E-state index contributed by atoms with van der Waals surface area (Å²) in [6.45, 7) is 9.01. The first-order valence-corrected chi connectivity index (χ1v) is 8.27. The lowest BCUT2D eigenvalue weighted by atomic mass is 10.1. The largest absolute Gasteiger partial charge is 0.309 e. The summed E-state index contributed by atoms with van der Waals surface area (Å²) in [5, 5.41) is 7.37. The van der Waals surface area contributed by atoms with Crippen LogP contribution in [-0.2, 0) is 11.3 Å². The van der Waals surface area contributed by atoms with Crippen LogP contribution in [0.1, 0.15) is 33.4 Å². The van der Waals surface area contributed by atoms with Crippen LogP contribution in [0.3, 0.4) is 0 Å². The molecule has 0 bridgehead atoms. The van der Waals surface area contributed by atoms with Crippen LogP contribution < -0.4 is 5.32 Å². The molecule has 0 spiro atoms. The fourth-order valence-electron chi connectivity index (χ4n) is 3.23. The maximum absolute atomic E-state index is 12.5. The zero-order chi connectivity index (χ0) is 17.3. The van der Waals surface area contributed by atoms with Crippen molar-refractivity contribution in [3.05, 3.63) is 54.0 Å². The summed E-state index contributed by atoms with van der Waals surface area (Å²) in [6.07, 6.45) is 5.82. The number of rotatable bonds is 5. The van der Waals surface area contributed by atoms with Gasteiger partial charge in [-0.2, -0.15) is 5.10 Å². The molecule has 126 valence electrons. The second-order valence-electron chi connectivity index (χ2n) is 7.28. The number of aromatic nitrogens is 3. The number of carbonyl (C=O) groups excluding carboxylic acids is 1. The Morgan fingerprint density at radius 1 is 1.33 bits per heavy atom. The predicted molar refractivity (Wildman–Crippen MR) is 94.4 cm³/mol. The Morgan fingerprint density at radius 2 is 2.12 bits per heavy atom.